The molecule has 173 valence electrons. The molecule has 0 amide bonds. The van der Waals surface area contributed by atoms with Gasteiger partial charge in [0, 0.05) is 39.0 Å². The van der Waals surface area contributed by atoms with Crippen molar-refractivity contribution in [3.8, 4) is 11.3 Å². The number of hydrogen-bond acceptors (Lipinski definition) is 3. The number of para-hydroxylation sites is 1. The number of benzene rings is 2. The van der Waals surface area contributed by atoms with Crippen LogP contribution in [0.25, 0.3) is 22.2 Å². The Morgan fingerprint density at radius 1 is 0.969 bits per heavy atom. The number of nitrogens with zero attached hydrogens (tertiary/aromatic N) is 1. The van der Waals surface area contributed by atoms with Crippen molar-refractivity contribution in [2.24, 2.45) is 11.8 Å². The van der Waals surface area contributed by atoms with Crippen molar-refractivity contribution < 1.29 is 30.0 Å². The summed E-state index contributed by atoms with van der Waals surface area (Å²) in [7, 11) is 0. The van der Waals surface area contributed by atoms with Gasteiger partial charge in [-0.25, -0.2) is 0 Å². The number of aromatic nitrogens is 1. The van der Waals surface area contributed by atoms with Crippen molar-refractivity contribution in [3.05, 3.63) is 77.6 Å². The number of aryl methyl sites for hydroxylation is 2. The molecule has 0 aliphatic heterocycles. The summed E-state index contributed by atoms with van der Waals surface area (Å²) in [5, 5.41) is 10.5. The minimum absolute atomic E-state index is 0. The maximum atomic E-state index is 11.2. The van der Waals surface area contributed by atoms with Gasteiger partial charge in [-0.2, -0.15) is 0 Å². The van der Waals surface area contributed by atoms with Crippen LogP contribution in [-0.2, 0) is 24.9 Å². The van der Waals surface area contributed by atoms with E-state index in [0.29, 0.717) is 24.7 Å². The molecule has 0 bridgehead atoms. The fraction of sp³-hybridized carbons (Fsp3) is 0.357. The van der Waals surface area contributed by atoms with Crippen molar-refractivity contribution in [2.45, 2.75) is 54.4 Å². The Morgan fingerprint density at radius 2 is 1.62 bits per heavy atom. The largest absolute Gasteiger partial charge is 0.512 e. The molecule has 1 aromatic heterocycles. The minimum Gasteiger partial charge on any atom is -0.512 e. The molecule has 1 radical (unpaired) electrons. The van der Waals surface area contributed by atoms with Gasteiger partial charge in [0.2, 0.25) is 0 Å². The van der Waals surface area contributed by atoms with E-state index in [9.17, 15) is 9.90 Å². The van der Waals surface area contributed by atoms with Crippen molar-refractivity contribution in [2.75, 3.05) is 0 Å². The van der Waals surface area contributed by atoms with Crippen LogP contribution in [-0.4, -0.2) is 15.9 Å². The first-order valence-electron chi connectivity index (χ1n) is 10.9. The molecule has 0 fully saturated rings. The van der Waals surface area contributed by atoms with Gasteiger partial charge in [-0.15, -0.1) is 34.9 Å². The third-order valence-corrected chi connectivity index (χ3v) is 4.71. The van der Waals surface area contributed by atoms with Gasteiger partial charge < -0.3 is 5.11 Å². The van der Waals surface area contributed by atoms with Crippen LogP contribution >= 0.6 is 0 Å². The van der Waals surface area contributed by atoms with Gasteiger partial charge in [-0.3, -0.25) is 9.78 Å². The van der Waals surface area contributed by atoms with E-state index < -0.39 is 0 Å². The molecule has 0 spiro atoms. The second kappa shape index (κ2) is 13.3. The van der Waals surface area contributed by atoms with Crippen LogP contribution in [0.2, 0.25) is 0 Å². The average Bonchev–Trinajstić information content (AvgIpc) is 2.68. The quantitative estimate of drug-likeness (QED) is 0.180. The molecule has 3 rings (SSSR count). The van der Waals surface area contributed by atoms with Gasteiger partial charge in [0.05, 0.1) is 11.3 Å². The smallest absolute Gasteiger partial charge is 0.159 e. The number of ketones is 1. The van der Waals surface area contributed by atoms with E-state index >= 15 is 0 Å². The maximum absolute atomic E-state index is 11.2. The second-order valence-electron chi connectivity index (χ2n) is 8.89. The second-order valence-corrected chi connectivity index (χ2v) is 8.89. The van der Waals surface area contributed by atoms with Gasteiger partial charge >= 0.3 is 0 Å². The summed E-state index contributed by atoms with van der Waals surface area (Å²) in [5.74, 6) is 0.979. The Morgan fingerprint density at radius 3 is 2.28 bits per heavy atom. The SMILES string of the molecule is CC(C)CC(=O)/C=C(\O)CC(C)C.Cc1[c-]c(-c2ccc3ccccc3n2)c(C)cc1.[Ir]. The maximum Gasteiger partial charge on any atom is 0.159 e. The Balaban J connectivity index is 0.000000330. The molecule has 0 unspecified atom stereocenters. The van der Waals surface area contributed by atoms with Crippen LogP contribution in [0.4, 0.5) is 0 Å². The molecule has 0 aliphatic carbocycles. The standard InChI is InChI=1S/C17H14N.C11H20O2.Ir/c1-12-7-8-13(2)15(11-12)17-10-9-14-5-3-4-6-16(14)18-17;1-8(2)5-10(12)7-11(13)6-9(3)4;/h3-10H,1-2H3;7-9,12H,5-6H2,1-4H3;/q-1;;/b;10-7-;. The van der Waals surface area contributed by atoms with Crippen LogP contribution in [0.5, 0.6) is 0 Å². The summed E-state index contributed by atoms with van der Waals surface area (Å²) in [6.45, 7) is 12.2. The van der Waals surface area contributed by atoms with Crippen LogP contribution in [0.15, 0.2) is 60.4 Å². The summed E-state index contributed by atoms with van der Waals surface area (Å²) < 4.78 is 0. The van der Waals surface area contributed by atoms with Gasteiger partial charge in [-0.05, 0) is 29.0 Å². The molecule has 3 aromatic rings. The first-order valence-corrected chi connectivity index (χ1v) is 10.9. The fourth-order valence-electron chi connectivity index (χ4n) is 3.27. The van der Waals surface area contributed by atoms with E-state index in [2.05, 4.69) is 50.2 Å². The number of rotatable bonds is 6. The first-order chi connectivity index (χ1) is 14.7. The number of aliphatic hydroxyl groups is 1. The summed E-state index contributed by atoms with van der Waals surface area (Å²) in [6.07, 6.45) is 2.46. The van der Waals surface area contributed by atoms with E-state index in [0.717, 1.165) is 22.3 Å². The Bertz CT molecular complexity index is 1050. The van der Waals surface area contributed by atoms with Crippen LogP contribution in [0, 0.1) is 31.7 Å². The number of aliphatic hydroxyl groups excluding tert-OH is 1. The van der Waals surface area contributed by atoms with Gasteiger partial charge in [0.1, 0.15) is 0 Å². The molecular formula is C28H34IrNO2-. The molecule has 0 saturated heterocycles. The summed E-state index contributed by atoms with van der Waals surface area (Å²) in [5.41, 5.74) is 5.48. The van der Waals surface area contributed by atoms with Crippen molar-refractivity contribution >= 4 is 16.7 Å². The number of allylic oxidation sites excluding steroid dienone is 2. The normalized spacial score (nSPS) is 11.2. The molecule has 0 aliphatic rings. The van der Waals surface area contributed by atoms with Crippen molar-refractivity contribution in [3.63, 3.8) is 0 Å². The molecule has 32 heavy (non-hydrogen) atoms. The van der Waals surface area contributed by atoms with Gasteiger partial charge in [-0.1, -0.05) is 71.9 Å². The van der Waals surface area contributed by atoms with E-state index in [1.54, 1.807) is 0 Å². The Labute approximate surface area is 206 Å². The predicted molar refractivity (Wildman–Crippen MR) is 130 cm³/mol. The van der Waals surface area contributed by atoms with Crippen molar-refractivity contribution in [1.82, 2.24) is 4.98 Å². The monoisotopic (exact) mass is 609 g/mol. The molecule has 0 atom stereocenters. The van der Waals surface area contributed by atoms with Gasteiger partial charge in [0.25, 0.3) is 0 Å². The van der Waals surface area contributed by atoms with Crippen molar-refractivity contribution in [1.29, 1.82) is 0 Å². The predicted octanol–water partition coefficient (Wildman–Crippen LogP) is 7.41. The zero-order chi connectivity index (χ0) is 23.0. The molecular weight excluding hydrogens is 575 g/mol. The van der Waals surface area contributed by atoms with Crippen LogP contribution in [0.3, 0.4) is 0 Å². The summed E-state index contributed by atoms with van der Waals surface area (Å²) in [6, 6.07) is 20.0. The number of carbonyl (C=O) groups is 1. The Kier molecular flexibility index (Phi) is 11.5. The van der Waals surface area contributed by atoms with Gasteiger partial charge in [0.15, 0.2) is 5.78 Å². The molecule has 4 heteroatoms. The van der Waals surface area contributed by atoms with Crippen LogP contribution in [0.1, 0.15) is 51.7 Å². The fourth-order valence-corrected chi connectivity index (χ4v) is 3.27. The number of pyridine rings is 1. The molecule has 0 saturated carbocycles. The number of hydrogen-bond donors (Lipinski definition) is 1. The Hall–Kier alpha value is -2.29. The zero-order valence-corrected chi connectivity index (χ0v) is 22.3. The van der Waals surface area contributed by atoms with E-state index in [4.69, 9.17) is 4.98 Å². The summed E-state index contributed by atoms with van der Waals surface area (Å²) in [4.78, 5) is 15.9. The number of fused-ring (bicyclic) bond motifs is 1. The zero-order valence-electron chi connectivity index (χ0n) is 19.9. The topological polar surface area (TPSA) is 50.2 Å². The third kappa shape index (κ3) is 9.06. The molecule has 1 heterocycles. The third-order valence-electron chi connectivity index (χ3n) is 4.71. The molecule has 1 N–H and O–H groups in total. The number of carbonyl (C=O) groups excluding carboxylic acids is 1. The molecule has 3 nitrogen and oxygen atoms in total. The van der Waals surface area contributed by atoms with E-state index in [-0.39, 0.29) is 31.6 Å². The molecule has 2 aromatic carbocycles. The summed E-state index contributed by atoms with van der Waals surface area (Å²) >= 11 is 0. The van der Waals surface area contributed by atoms with E-state index in [1.807, 2.05) is 45.9 Å². The van der Waals surface area contributed by atoms with E-state index in [1.165, 1.54) is 17.0 Å². The minimum atomic E-state index is 0. The first kappa shape index (κ1) is 27.7. The average molecular weight is 609 g/mol. The van der Waals surface area contributed by atoms with Crippen LogP contribution < -0.4 is 0 Å².